The number of rotatable bonds is 6. The number of esters is 1. The molecule has 0 bridgehead atoms. The van der Waals surface area contributed by atoms with Crippen molar-refractivity contribution in [1.82, 2.24) is 24.9 Å². The second kappa shape index (κ2) is 10.6. The average Bonchev–Trinajstić information content (AvgIpc) is 3.51. The Morgan fingerprint density at radius 1 is 1.20 bits per heavy atom. The van der Waals surface area contributed by atoms with Gasteiger partial charge in [0, 0.05) is 50.1 Å². The van der Waals surface area contributed by atoms with E-state index in [-0.39, 0.29) is 24.0 Å². The molecular formula is C33H39N5O3. The van der Waals surface area contributed by atoms with Crippen LogP contribution in [0.5, 0.6) is 5.75 Å². The predicted molar refractivity (Wildman–Crippen MR) is 158 cm³/mol. The van der Waals surface area contributed by atoms with Crippen LogP contribution in [0.3, 0.4) is 0 Å². The van der Waals surface area contributed by atoms with Gasteiger partial charge >= 0.3 is 5.97 Å². The topological polar surface area (TPSA) is 82.4 Å². The van der Waals surface area contributed by atoms with Crippen LogP contribution in [0.1, 0.15) is 79.0 Å². The lowest BCUT2D eigenvalue weighted by Crippen LogP contribution is -2.35. The van der Waals surface area contributed by atoms with E-state index in [4.69, 9.17) is 9.47 Å². The number of ether oxygens (including phenoxy) is 2. The highest BCUT2D eigenvalue weighted by atomic mass is 16.5. The van der Waals surface area contributed by atoms with E-state index in [1.54, 1.807) is 4.68 Å². The molecule has 1 aliphatic carbocycles. The summed E-state index contributed by atoms with van der Waals surface area (Å²) in [5.41, 5.74) is 8.07. The molecule has 0 amide bonds. The minimum atomic E-state index is -0.813. The minimum absolute atomic E-state index is 0.123. The minimum Gasteiger partial charge on any atom is -0.489 e. The number of aryl methyl sites for hydroxylation is 3. The van der Waals surface area contributed by atoms with Crippen LogP contribution in [0.15, 0.2) is 48.8 Å². The third kappa shape index (κ3) is 4.68. The number of aromatic nitrogens is 4. The van der Waals surface area contributed by atoms with Crippen molar-refractivity contribution in [1.29, 1.82) is 0 Å². The van der Waals surface area contributed by atoms with Crippen molar-refractivity contribution in [2.24, 2.45) is 12.5 Å². The Hall–Kier alpha value is -3.78. The number of hydrogen-bond acceptors (Lipinski definition) is 7. The van der Waals surface area contributed by atoms with Gasteiger partial charge in [0.05, 0.1) is 18.0 Å². The van der Waals surface area contributed by atoms with Crippen LogP contribution >= 0.6 is 0 Å². The third-order valence-corrected chi connectivity index (χ3v) is 9.23. The van der Waals surface area contributed by atoms with Crippen molar-refractivity contribution < 1.29 is 14.3 Å². The molecule has 2 aliphatic rings. The second-order valence-electron chi connectivity index (χ2n) is 12.1. The Labute approximate surface area is 241 Å². The highest BCUT2D eigenvalue weighted by molar-refractivity contribution is 5.82. The molecule has 4 aromatic rings. The molecule has 0 N–H and O–H groups in total. The van der Waals surface area contributed by atoms with Gasteiger partial charge in [-0.05, 0) is 80.0 Å². The standard InChI is InChI=1S/C33H39N5O3/c1-7-24-19-38(18-23-17-34-15-14-29(23)41-24)27-12-10-21-8-9-22(16-26(21)27)30(33(3,4)32(39)40-6)25-11-13-28-31(20(25)2)35-36-37(28)5/h8-9,11,13-17,24,27,30H,7,10,12,18-19H2,1-6H3/t24-,27-,30+/m1/s1. The summed E-state index contributed by atoms with van der Waals surface area (Å²) < 4.78 is 13.5. The van der Waals surface area contributed by atoms with Crippen LogP contribution in [-0.4, -0.2) is 50.6 Å². The first kappa shape index (κ1) is 27.4. The molecular weight excluding hydrogens is 514 g/mol. The number of nitrogens with zero attached hydrogens (tertiary/aromatic N) is 5. The third-order valence-electron chi connectivity index (χ3n) is 9.23. The number of carbonyl (C=O) groups is 1. The van der Waals surface area contributed by atoms with E-state index in [0.717, 1.165) is 71.4 Å². The molecule has 6 rings (SSSR count). The van der Waals surface area contributed by atoms with Gasteiger partial charge in [0.1, 0.15) is 17.4 Å². The fourth-order valence-electron chi connectivity index (χ4n) is 6.94. The highest BCUT2D eigenvalue weighted by Gasteiger charge is 2.42. The molecule has 1 aliphatic heterocycles. The SMILES string of the molecule is CC[C@@H]1CN([C@@H]2CCc3ccc([C@@H](c4ccc5c(nnn5C)c4C)C(C)(C)C(=O)OC)cc32)Cc2cnccc2O1. The van der Waals surface area contributed by atoms with Crippen molar-refractivity contribution in [2.45, 2.75) is 71.6 Å². The summed E-state index contributed by atoms with van der Waals surface area (Å²) >= 11 is 0. The molecule has 0 radical (unpaired) electrons. The lowest BCUT2D eigenvalue weighted by atomic mass is 9.69. The normalized spacial score (nSPS) is 19.8. The van der Waals surface area contributed by atoms with E-state index in [2.05, 4.69) is 64.4 Å². The summed E-state index contributed by atoms with van der Waals surface area (Å²) in [5.74, 6) is 0.475. The Kier molecular flexibility index (Phi) is 7.06. The number of fused-ring (bicyclic) bond motifs is 3. The van der Waals surface area contributed by atoms with Crippen molar-refractivity contribution in [3.8, 4) is 5.75 Å². The number of hydrogen-bond donors (Lipinski definition) is 0. The molecule has 214 valence electrons. The number of benzene rings is 2. The zero-order chi connectivity index (χ0) is 28.9. The maximum atomic E-state index is 13.3. The smallest absolute Gasteiger partial charge is 0.312 e. The van der Waals surface area contributed by atoms with Gasteiger partial charge in [-0.15, -0.1) is 5.10 Å². The number of carbonyl (C=O) groups excluding carboxylic acids is 1. The summed E-state index contributed by atoms with van der Waals surface area (Å²) in [7, 11) is 3.37. The molecule has 8 heteroatoms. The molecule has 2 aromatic carbocycles. The van der Waals surface area contributed by atoms with Crippen LogP contribution in [-0.2, 0) is 29.5 Å². The van der Waals surface area contributed by atoms with Crippen molar-refractivity contribution >= 4 is 17.0 Å². The molecule has 0 saturated carbocycles. The molecule has 41 heavy (non-hydrogen) atoms. The molecule has 0 fully saturated rings. The highest BCUT2D eigenvalue weighted by Crippen LogP contribution is 2.47. The summed E-state index contributed by atoms with van der Waals surface area (Å²) in [6.45, 7) is 9.89. The van der Waals surface area contributed by atoms with Gasteiger partial charge in [-0.2, -0.15) is 0 Å². The summed E-state index contributed by atoms with van der Waals surface area (Å²) in [6, 6.07) is 13.3. The van der Waals surface area contributed by atoms with Gasteiger partial charge < -0.3 is 9.47 Å². The Bertz CT molecular complexity index is 1610. The van der Waals surface area contributed by atoms with Crippen LogP contribution in [0.4, 0.5) is 0 Å². The van der Waals surface area contributed by atoms with E-state index in [9.17, 15) is 4.79 Å². The van der Waals surface area contributed by atoms with E-state index >= 15 is 0 Å². The predicted octanol–water partition coefficient (Wildman–Crippen LogP) is 5.66. The molecule has 8 nitrogen and oxygen atoms in total. The zero-order valence-corrected chi connectivity index (χ0v) is 24.8. The van der Waals surface area contributed by atoms with Crippen LogP contribution in [0.25, 0.3) is 11.0 Å². The first-order chi connectivity index (χ1) is 19.7. The fourth-order valence-corrected chi connectivity index (χ4v) is 6.94. The van der Waals surface area contributed by atoms with Crippen molar-refractivity contribution in [2.75, 3.05) is 13.7 Å². The largest absolute Gasteiger partial charge is 0.489 e. The molecule has 0 spiro atoms. The number of pyridine rings is 1. The van der Waals surface area contributed by atoms with Gasteiger partial charge in [0.25, 0.3) is 0 Å². The van der Waals surface area contributed by atoms with Crippen molar-refractivity contribution in [3.05, 3.63) is 82.2 Å². The lowest BCUT2D eigenvalue weighted by Gasteiger charge is -2.35. The van der Waals surface area contributed by atoms with Gasteiger partial charge in [-0.25, -0.2) is 4.68 Å². The quantitative estimate of drug-likeness (QED) is 0.285. The summed E-state index contributed by atoms with van der Waals surface area (Å²) in [5, 5.41) is 8.69. The Morgan fingerprint density at radius 3 is 2.80 bits per heavy atom. The van der Waals surface area contributed by atoms with Gasteiger partial charge in [-0.3, -0.25) is 14.7 Å². The molecule has 0 saturated heterocycles. The van der Waals surface area contributed by atoms with Crippen LogP contribution in [0, 0.1) is 12.3 Å². The second-order valence-corrected chi connectivity index (χ2v) is 12.1. The molecule has 3 heterocycles. The van der Waals surface area contributed by atoms with Gasteiger partial charge in [0.2, 0.25) is 0 Å². The molecule has 2 aromatic heterocycles. The van der Waals surface area contributed by atoms with E-state index in [1.807, 2.05) is 39.4 Å². The first-order valence-electron chi connectivity index (χ1n) is 14.6. The molecule has 0 unspecified atom stereocenters. The average molecular weight is 554 g/mol. The van der Waals surface area contributed by atoms with Gasteiger partial charge in [-0.1, -0.05) is 36.4 Å². The monoisotopic (exact) mass is 553 g/mol. The Balaban J connectivity index is 1.44. The Morgan fingerprint density at radius 2 is 2.02 bits per heavy atom. The van der Waals surface area contributed by atoms with Gasteiger partial charge in [0.15, 0.2) is 0 Å². The maximum absolute atomic E-state index is 13.3. The zero-order valence-electron chi connectivity index (χ0n) is 24.8. The first-order valence-corrected chi connectivity index (χ1v) is 14.6. The molecule has 3 atom stereocenters. The fraction of sp³-hybridized carbons (Fsp3) is 0.455. The van der Waals surface area contributed by atoms with E-state index in [1.165, 1.54) is 18.2 Å². The van der Waals surface area contributed by atoms with Crippen LogP contribution in [0.2, 0.25) is 0 Å². The van der Waals surface area contributed by atoms with E-state index in [0.29, 0.717) is 0 Å². The van der Waals surface area contributed by atoms with E-state index < -0.39 is 5.41 Å². The lowest BCUT2D eigenvalue weighted by molar-refractivity contribution is -0.151. The maximum Gasteiger partial charge on any atom is 0.312 e. The summed E-state index contributed by atoms with van der Waals surface area (Å²) in [6.07, 6.45) is 6.90. The summed E-state index contributed by atoms with van der Waals surface area (Å²) in [4.78, 5) is 20.2. The van der Waals surface area contributed by atoms with Crippen molar-refractivity contribution in [3.63, 3.8) is 0 Å². The van der Waals surface area contributed by atoms with Crippen LogP contribution < -0.4 is 4.74 Å². The number of methoxy groups -OCH3 is 1.